The monoisotopic (exact) mass is 347 g/mol. The molecule has 1 aromatic heterocycles. The van der Waals surface area contributed by atoms with E-state index in [1.807, 2.05) is 48.9 Å². The lowest BCUT2D eigenvalue weighted by molar-refractivity contribution is -0.148. The average Bonchev–Trinajstić information content (AvgIpc) is 2.85. The number of aryl methyl sites for hydroxylation is 1. The summed E-state index contributed by atoms with van der Waals surface area (Å²) in [5.74, 6) is -0.512. The number of hydrogen-bond donors (Lipinski definition) is 0. The molecule has 2 rings (SSSR count). The van der Waals surface area contributed by atoms with Crippen LogP contribution in [0.3, 0.4) is 0 Å². The summed E-state index contributed by atoms with van der Waals surface area (Å²) in [6.07, 6.45) is 0. The van der Waals surface area contributed by atoms with Crippen molar-refractivity contribution in [1.29, 1.82) is 0 Å². The molecule has 2 aromatic rings. The fraction of sp³-hybridized carbons (Fsp3) is 0.353. The van der Waals surface area contributed by atoms with Crippen LogP contribution >= 0.6 is 11.8 Å². The number of aromatic nitrogens is 2. The van der Waals surface area contributed by atoms with Crippen LogP contribution in [0.5, 0.6) is 0 Å². The van der Waals surface area contributed by atoms with E-state index in [1.54, 1.807) is 14.1 Å². The third-order valence-corrected chi connectivity index (χ3v) is 4.68. The number of para-hydroxylation sites is 1. The Morgan fingerprint density at radius 3 is 2.50 bits per heavy atom. The summed E-state index contributed by atoms with van der Waals surface area (Å²) in [5, 5.41) is 4.54. The molecule has 1 aromatic carbocycles. The number of rotatable bonds is 6. The van der Waals surface area contributed by atoms with E-state index in [2.05, 4.69) is 5.10 Å². The Morgan fingerprint density at radius 2 is 1.88 bits per heavy atom. The van der Waals surface area contributed by atoms with Gasteiger partial charge in [-0.25, -0.2) is 4.68 Å². The molecular weight excluding hydrogens is 326 g/mol. The van der Waals surface area contributed by atoms with E-state index < -0.39 is 5.97 Å². The first-order valence-electron chi connectivity index (χ1n) is 7.50. The molecule has 1 heterocycles. The molecule has 0 atom stereocenters. The van der Waals surface area contributed by atoms with Gasteiger partial charge in [0.1, 0.15) is 0 Å². The van der Waals surface area contributed by atoms with E-state index in [0.29, 0.717) is 0 Å². The van der Waals surface area contributed by atoms with E-state index in [1.165, 1.54) is 16.7 Å². The number of ether oxygens (including phenoxy) is 1. The molecule has 6 nitrogen and oxygen atoms in total. The topological polar surface area (TPSA) is 64.4 Å². The Kier molecular flexibility index (Phi) is 6.03. The van der Waals surface area contributed by atoms with Gasteiger partial charge in [-0.1, -0.05) is 18.2 Å². The molecule has 0 fully saturated rings. The third-order valence-electron chi connectivity index (χ3n) is 3.42. The van der Waals surface area contributed by atoms with Gasteiger partial charge in [-0.2, -0.15) is 5.10 Å². The van der Waals surface area contributed by atoms with Crippen molar-refractivity contribution in [1.82, 2.24) is 14.7 Å². The molecule has 0 saturated carbocycles. The summed E-state index contributed by atoms with van der Waals surface area (Å²) >= 11 is 1.37. The Morgan fingerprint density at radius 1 is 1.21 bits per heavy atom. The van der Waals surface area contributed by atoms with Gasteiger partial charge in [0.15, 0.2) is 6.61 Å². The number of carbonyl (C=O) groups is 2. The van der Waals surface area contributed by atoms with Crippen molar-refractivity contribution in [2.75, 3.05) is 26.5 Å². The van der Waals surface area contributed by atoms with Gasteiger partial charge in [0, 0.05) is 14.1 Å². The van der Waals surface area contributed by atoms with E-state index in [-0.39, 0.29) is 18.3 Å². The summed E-state index contributed by atoms with van der Waals surface area (Å²) in [6, 6.07) is 9.83. The maximum absolute atomic E-state index is 11.8. The summed E-state index contributed by atoms with van der Waals surface area (Å²) in [4.78, 5) is 25.6. The van der Waals surface area contributed by atoms with E-state index in [0.717, 1.165) is 22.0 Å². The zero-order valence-electron chi connectivity index (χ0n) is 14.3. The number of hydrogen-bond acceptors (Lipinski definition) is 5. The molecule has 0 aliphatic carbocycles. The number of likely N-dealkylation sites (N-methyl/N-ethyl adjacent to an activating group) is 1. The zero-order valence-corrected chi connectivity index (χ0v) is 15.1. The van der Waals surface area contributed by atoms with Crippen LogP contribution in [0.15, 0.2) is 35.2 Å². The molecule has 1 amide bonds. The predicted molar refractivity (Wildman–Crippen MR) is 93.4 cm³/mol. The fourth-order valence-corrected chi connectivity index (χ4v) is 2.99. The van der Waals surface area contributed by atoms with Gasteiger partial charge in [-0.3, -0.25) is 9.59 Å². The van der Waals surface area contributed by atoms with Gasteiger partial charge >= 0.3 is 5.97 Å². The molecule has 7 heteroatoms. The molecule has 0 radical (unpaired) electrons. The van der Waals surface area contributed by atoms with Crippen LogP contribution in [0.1, 0.15) is 11.4 Å². The average molecular weight is 347 g/mol. The van der Waals surface area contributed by atoms with E-state index in [9.17, 15) is 9.59 Å². The molecule has 0 bridgehead atoms. The van der Waals surface area contributed by atoms with Crippen molar-refractivity contribution in [3.05, 3.63) is 41.7 Å². The Hall–Kier alpha value is -2.28. The van der Waals surface area contributed by atoms with E-state index >= 15 is 0 Å². The lowest BCUT2D eigenvalue weighted by Crippen LogP contribution is -2.27. The maximum atomic E-state index is 11.8. The number of esters is 1. The van der Waals surface area contributed by atoms with Crippen molar-refractivity contribution < 1.29 is 14.3 Å². The number of carbonyl (C=O) groups excluding carboxylic acids is 2. The fourth-order valence-electron chi connectivity index (χ4n) is 2.10. The molecule has 0 N–H and O–H groups in total. The van der Waals surface area contributed by atoms with Crippen LogP contribution in [0.2, 0.25) is 0 Å². The lowest BCUT2D eigenvalue weighted by atomic mass is 10.3. The molecule has 24 heavy (non-hydrogen) atoms. The quantitative estimate of drug-likeness (QED) is 0.592. The second-order valence-electron chi connectivity index (χ2n) is 5.48. The van der Waals surface area contributed by atoms with Crippen molar-refractivity contribution >= 4 is 23.6 Å². The van der Waals surface area contributed by atoms with Crippen molar-refractivity contribution in [2.24, 2.45) is 0 Å². The smallest absolute Gasteiger partial charge is 0.316 e. The standard InChI is InChI=1S/C17H21N3O3S/c1-12-17(24-11-16(22)23-10-15(21)19(3)4)13(2)20(18-12)14-8-6-5-7-9-14/h5-9H,10-11H2,1-4H3. The normalized spacial score (nSPS) is 10.5. The molecular formula is C17H21N3O3S. The molecule has 0 spiro atoms. The minimum Gasteiger partial charge on any atom is -0.455 e. The minimum absolute atomic E-state index is 0.142. The molecule has 0 aliphatic rings. The molecule has 128 valence electrons. The highest BCUT2D eigenvalue weighted by atomic mass is 32.2. The molecule has 0 saturated heterocycles. The van der Waals surface area contributed by atoms with Gasteiger partial charge in [0.25, 0.3) is 5.91 Å². The van der Waals surface area contributed by atoms with Crippen molar-refractivity contribution in [3.63, 3.8) is 0 Å². The van der Waals surface area contributed by atoms with Crippen LogP contribution in [-0.4, -0.2) is 53.0 Å². The van der Waals surface area contributed by atoms with Crippen LogP contribution in [0, 0.1) is 13.8 Å². The number of nitrogens with zero attached hydrogens (tertiary/aromatic N) is 3. The number of benzene rings is 1. The first kappa shape index (κ1) is 18.1. The first-order valence-corrected chi connectivity index (χ1v) is 8.49. The highest BCUT2D eigenvalue weighted by Crippen LogP contribution is 2.27. The Labute approximate surface area is 145 Å². The van der Waals surface area contributed by atoms with E-state index in [4.69, 9.17) is 4.74 Å². The second kappa shape index (κ2) is 8.01. The van der Waals surface area contributed by atoms with Crippen LogP contribution < -0.4 is 0 Å². The highest BCUT2D eigenvalue weighted by Gasteiger charge is 2.16. The minimum atomic E-state index is -0.415. The summed E-state index contributed by atoms with van der Waals surface area (Å²) < 4.78 is 6.84. The predicted octanol–water partition coefficient (Wildman–Crippen LogP) is 2.21. The van der Waals surface area contributed by atoms with Gasteiger partial charge in [-0.05, 0) is 26.0 Å². The third kappa shape index (κ3) is 4.38. The van der Waals surface area contributed by atoms with Gasteiger partial charge in [0.05, 0.1) is 27.7 Å². The Bertz CT molecular complexity index is 726. The lowest BCUT2D eigenvalue weighted by Gasteiger charge is -2.10. The highest BCUT2D eigenvalue weighted by molar-refractivity contribution is 8.00. The maximum Gasteiger partial charge on any atom is 0.316 e. The van der Waals surface area contributed by atoms with Crippen LogP contribution in [0.25, 0.3) is 5.69 Å². The zero-order chi connectivity index (χ0) is 17.7. The largest absolute Gasteiger partial charge is 0.455 e. The SMILES string of the molecule is Cc1nn(-c2ccccc2)c(C)c1SCC(=O)OCC(=O)N(C)C. The first-order chi connectivity index (χ1) is 11.4. The van der Waals surface area contributed by atoms with Gasteiger partial charge in [-0.15, -0.1) is 11.8 Å². The van der Waals surface area contributed by atoms with Crippen LogP contribution in [-0.2, 0) is 14.3 Å². The Balaban J connectivity index is 2.00. The van der Waals surface area contributed by atoms with Crippen LogP contribution in [0.4, 0.5) is 0 Å². The van der Waals surface area contributed by atoms with Gasteiger partial charge < -0.3 is 9.64 Å². The second-order valence-corrected chi connectivity index (χ2v) is 6.47. The number of thioether (sulfide) groups is 1. The van der Waals surface area contributed by atoms with Gasteiger partial charge in [0.2, 0.25) is 0 Å². The summed E-state index contributed by atoms with van der Waals surface area (Å²) in [6.45, 7) is 3.65. The summed E-state index contributed by atoms with van der Waals surface area (Å²) in [7, 11) is 3.24. The van der Waals surface area contributed by atoms with Crippen molar-refractivity contribution in [2.45, 2.75) is 18.7 Å². The number of amides is 1. The molecule has 0 unspecified atom stereocenters. The summed E-state index contributed by atoms with van der Waals surface area (Å²) in [5.41, 5.74) is 2.81. The molecule has 0 aliphatic heterocycles. The van der Waals surface area contributed by atoms with Crippen molar-refractivity contribution in [3.8, 4) is 5.69 Å².